The second kappa shape index (κ2) is 1.69. The lowest BCUT2D eigenvalue weighted by Crippen LogP contribution is -2.01. The van der Waals surface area contributed by atoms with Gasteiger partial charge in [-0.2, -0.15) is 0 Å². The van der Waals surface area contributed by atoms with Gasteiger partial charge in [-0.1, -0.05) is 0 Å². The summed E-state index contributed by atoms with van der Waals surface area (Å²) < 4.78 is 0.972. The van der Waals surface area contributed by atoms with Crippen molar-refractivity contribution in [2.45, 2.75) is 0 Å². The van der Waals surface area contributed by atoms with Crippen LogP contribution in [0.1, 0.15) is 0 Å². The number of hydrogen-bond acceptors (Lipinski definition) is 1. The molecule has 1 heterocycles. The summed E-state index contributed by atoms with van der Waals surface area (Å²) in [6, 6.07) is 3.24. The van der Waals surface area contributed by atoms with Gasteiger partial charge in [0.15, 0.2) is 0 Å². The fraction of sp³-hybridized carbons (Fsp3) is 0. The molecule has 0 fully saturated rings. The van der Waals surface area contributed by atoms with Crippen molar-refractivity contribution in [1.29, 1.82) is 0 Å². The first-order chi connectivity index (χ1) is 3.80. The Hall–Kier alpha value is -1.25. The van der Waals surface area contributed by atoms with Crippen molar-refractivity contribution < 1.29 is 9.90 Å². The number of aromatic nitrogens is 1. The predicted octanol–water partition coefficient (Wildman–Crippen LogP) is 0.887. The van der Waals surface area contributed by atoms with E-state index in [2.05, 4.69) is 0 Å². The Morgan fingerprint density at radius 3 is 2.00 bits per heavy atom. The number of hydrogen-bond donors (Lipinski definition) is 0. The molecule has 0 aliphatic carbocycles. The second-order valence-electron chi connectivity index (χ2n) is 1.36. The standard InChI is InChI=1S/C5H4NO2/c7-5(8)6-3-1-2-4-6/h1-4H. The summed E-state index contributed by atoms with van der Waals surface area (Å²) in [5.41, 5.74) is 0. The number of rotatable bonds is 0. The van der Waals surface area contributed by atoms with Gasteiger partial charge in [-0.25, -0.2) is 9.90 Å². The maximum absolute atomic E-state index is 9.91. The van der Waals surface area contributed by atoms with Crippen LogP contribution in [-0.4, -0.2) is 10.7 Å². The van der Waals surface area contributed by atoms with Gasteiger partial charge in [0.05, 0.1) is 0 Å². The van der Waals surface area contributed by atoms with Gasteiger partial charge in [0, 0.05) is 12.4 Å². The molecule has 0 unspecified atom stereocenters. The third-order valence-electron chi connectivity index (χ3n) is 0.815. The van der Waals surface area contributed by atoms with Crippen LogP contribution in [0.3, 0.4) is 0 Å². The van der Waals surface area contributed by atoms with E-state index in [9.17, 15) is 9.90 Å². The highest BCUT2D eigenvalue weighted by Crippen LogP contribution is 1.87. The third-order valence-corrected chi connectivity index (χ3v) is 0.815. The highest BCUT2D eigenvalue weighted by atomic mass is 16.4. The molecule has 0 saturated heterocycles. The predicted molar refractivity (Wildman–Crippen MR) is 25.9 cm³/mol. The molecule has 3 heteroatoms. The number of nitrogens with zero attached hydrogens (tertiary/aromatic N) is 1. The van der Waals surface area contributed by atoms with E-state index in [1.807, 2.05) is 0 Å². The number of carbonyl (C=O) groups excluding carboxylic acids is 1. The largest absolute Gasteiger partial charge is 0.461 e. The van der Waals surface area contributed by atoms with Gasteiger partial charge in [0.1, 0.15) is 0 Å². The molecule has 8 heavy (non-hydrogen) atoms. The fourth-order valence-electron chi connectivity index (χ4n) is 0.456. The minimum Gasteiger partial charge on any atom is -0.257 e. The van der Waals surface area contributed by atoms with Crippen LogP contribution in [0, 0.1) is 0 Å². The molecule has 1 rings (SSSR count). The van der Waals surface area contributed by atoms with Crippen LogP contribution in [0.25, 0.3) is 0 Å². The van der Waals surface area contributed by atoms with E-state index in [1.165, 1.54) is 12.4 Å². The van der Waals surface area contributed by atoms with Gasteiger partial charge >= 0.3 is 6.09 Å². The van der Waals surface area contributed by atoms with Gasteiger partial charge in [-0.3, -0.25) is 4.57 Å². The first-order valence-electron chi connectivity index (χ1n) is 2.15. The molecular weight excluding hydrogens is 106 g/mol. The van der Waals surface area contributed by atoms with Gasteiger partial charge in [0.2, 0.25) is 0 Å². The zero-order valence-electron chi connectivity index (χ0n) is 4.07. The van der Waals surface area contributed by atoms with Crippen LogP contribution in [0.2, 0.25) is 0 Å². The van der Waals surface area contributed by atoms with Crippen molar-refractivity contribution in [3.05, 3.63) is 24.5 Å². The van der Waals surface area contributed by atoms with Crippen molar-refractivity contribution in [3.63, 3.8) is 0 Å². The molecule has 0 aromatic carbocycles. The Kier molecular flexibility index (Phi) is 1.04. The molecular formula is C5H4NO2. The maximum Gasteiger partial charge on any atom is 0.461 e. The molecule has 0 atom stereocenters. The highest BCUT2D eigenvalue weighted by molar-refractivity contribution is 5.67. The van der Waals surface area contributed by atoms with E-state index in [1.54, 1.807) is 12.1 Å². The summed E-state index contributed by atoms with van der Waals surface area (Å²) in [5.74, 6) is 0. The normalized spacial score (nSPS) is 9.00. The van der Waals surface area contributed by atoms with Crippen LogP contribution in [0.5, 0.6) is 0 Å². The summed E-state index contributed by atoms with van der Waals surface area (Å²) in [4.78, 5) is 9.91. The minimum absolute atomic E-state index is 0.972. The lowest BCUT2D eigenvalue weighted by molar-refractivity contribution is 0.170. The summed E-state index contributed by atoms with van der Waals surface area (Å²) in [7, 11) is 0. The maximum atomic E-state index is 9.91. The molecule has 0 N–H and O–H groups in total. The monoisotopic (exact) mass is 110 g/mol. The zero-order valence-corrected chi connectivity index (χ0v) is 4.07. The van der Waals surface area contributed by atoms with Gasteiger partial charge < -0.3 is 0 Å². The molecule has 41 valence electrons. The summed E-state index contributed by atoms with van der Waals surface area (Å²) in [5, 5.41) is 9.91. The quantitative estimate of drug-likeness (QED) is 0.489. The van der Waals surface area contributed by atoms with Crippen molar-refractivity contribution in [2.24, 2.45) is 0 Å². The summed E-state index contributed by atoms with van der Waals surface area (Å²) >= 11 is 0. The van der Waals surface area contributed by atoms with Gasteiger partial charge in [-0.05, 0) is 12.1 Å². The van der Waals surface area contributed by atoms with Gasteiger partial charge in [0.25, 0.3) is 0 Å². The smallest absolute Gasteiger partial charge is 0.257 e. The SMILES string of the molecule is [O]C(=O)n1cccc1. The topological polar surface area (TPSA) is 41.9 Å². The molecule has 1 aromatic rings. The molecule has 0 bridgehead atoms. The molecule has 0 saturated carbocycles. The summed E-state index contributed by atoms with van der Waals surface area (Å²) in [6.45, 7) is 0. The lowest BCUT2D eigenvalue weighted by Gasteiger charge is -1.83. The molecule has 0 spiro atoms. The first-order valence-corrected chi connectivity index (χ1v) is 2.15. The minimum atomic E-state index is -1.20. The first kappa shape index (κ1) is 4.90. The van der Waals surface area contributed by atoms with Crippen molar-refractivity contribution in [1.82, 2.24) is 4.57 Å². The molecule has 0 aliphatic heterocycles. The zero-order chi connectivity index (χ0) is 5.98. The van der Waals surface area contributed by atoms with E-state index in [-0.39, 0.29) is 0 Å². The van der Waals surface area contributed by atoms with Gasteiger partial charge in [-0.15, -0.1) is 0 Å². The highest BCUT2D eigenvalue weighted by Gasteiger charge is 1.96. The van der Waals surface area contributed by atoms with E-state index in [0.717, 1.165) is 4.57 Å². The van der Waals surface area contributed by atoms with Crippen molar-refractivity contribution >= 4 is 6.09 Å². The van der Waals surface area contributed by atoms with E-state index in [4.69, 9.17) is 0 Å². The Labute approximate surface area is 46.2 Å². The third kappa shape index (κ3) is 0.703. The van der Waals surface area contributed by atoms with Crippen LogP contribution in [0.4, 0.5) is 4.79 Å². The number of carbonyl (C=O) groups is 1. The Bertz CT molecular complexity index is 178. The lowest BCUT2D eigenvalue weighted by atomic mass is 10.7. The van der Waals surface area contributed by atoms with Crippen LogP contribution >= 0.6 is 0 Å². The van der Waals surface area contributed by atoms with Crippen LogP contribution in [-0.2, 0) is 5.11 Å². The van der Waals surface area contributed by atoms with Crippen LogP contribution in [0.15, 0.2) is 24.5 Å². The molecule has 1 radical (unpaired) electrons. The van der Waals surface area contributed by atoms with E-state index >= 15 is 0 Å². The average molecular weight is 110 g/mol. The summed E-state index contributed by atoms with van der Waals surface area (Å²) in [6.07, 6.45) is 1.62. The molecule has 3 nitrogen and oxygen atoms in total. The Morgan fingerprint density at radius 2 is 1.75 bits per heavy atom. The van der Waals surface area contributed by atoms with Crippen molar-refractivity contribution in [3.8, 4) is 0 Å². The van der Waals surface area contributed by atoms with E-state index in [0.29, 0.717) is 0 Å². The molecule has 0 aliphatic rings. The van der Waals surface area contributed by atoms with E-state index < -0.39 is 6.09 Å². The Balaban J connectivity index is 2.93. The second-order valence-corrected chi connectivity index (χ2v) is 1.36. The molecule has 0 amide bonds. The molecule has 1 aromatic heterocycles. The fourth-order valence-corrected chi connectivity index (χ4v) is 0.456. The Morgan fingerprint density at radius 1 is 1.25 bits per heavy atom. The van der Waals surface area contributed by atoms with Crippen LogP contribution < -0.4 is 0 Å². The van der Waals surface area contributed by atoms with Crippen molar-refractivity contribution in [2.75, 3.05) is 0 Å². The average Bonchev–Trinajstić information content (AvgIpc) is 2.12.